The zero-order valence-corrected chi connectivity index (χ0v) is 11.4. The van der Waals surface area contributed by atoms with E-state index in [9.17, 15) is 0 Å². The number of nitrogens with zero attached hydrogens (tertiary/aromatic N) is 1. The van der Waals surface area contributed by atoms with Crippen LogP contribution < -0.4 is 0 Å². The average Bonchev–Trinajstić information content (AvgIpc) is 2.38. The molecule has 2 rings (SSSR count). The minimum Gasteiger partial charge on any atom is -0.378 e. The molecule has 1 aromatic rings. The highest BCUT2D eigenvalue weighted by Gasteiger charge is 2.14. The van der Waals surface area contributed by atoms with E-state index in [4.69, 9.17) is 9.73 Å². The lowest BCUT2D eigenvalue weighted by molar-refractivity contribution is 0.0634. The Morgan fingerprint density at radius 1 is 1.39 bits per heavy atom. The highest BCUT2D eigenvalue weighted by atomic mass is 16.5. The molecule has 0 bridgehead atoms. The highest BCUT2D eigenvalue weighted by molar-refractivity contribution is 5.89. The molecule has 18 heavy (non-hydrogen) atoms. The molecule has 1 aromatic carbocycles. The minimum atomic E-state index is 0.299. The third-order valence-corrected chi connectivity index (χ3v) is 3.36. The zero-order valence-electron chi connectivity index (χ0n) is 11.4. The van der Waals surface area contributed by atoms with E-state index in [1.54, 1.807) is 0 Å². The van der Waals surface area contributed by atoms with Crippen LogP contribution in [0, 0.1) is 0 Å². The van der Waals surface area contributed by atoms with Gasteiger partial charge in [-0.2, -0.15) is 0 Å². The summed E-state index contributed by atoms with van der Waals surface area (Å²) in [6.07, 6.45) is 4.33. The summed E-state index contributed by atoms with van der Waals surface area (Å²) in [6, 6.07) is 8.35. The molecule has 2 heteroatoms. The van der Waals surface area contributed by atoms with Crippen molar-refractivity contribution in [2.75, 3.05) is 6.61 Å². The van der Waals surface area contributed by atoms with Crippen LogP contribution >= 0.6 is 0 Å². The third kappa shape index (κ3) is 3.08. The molecule has 1 atom stereocenters. The van der Waals surface area contributed by atoms with Crippen LogP contribution in [0.1, 0.15) is 39.2 Å². The lowest BCUT2D eigenvalue weighted by Crippen LogP contribution is -2.22. The molecule has 0 N–H and O–H groups in total. The van der Waals surface area contributed by atoms with E-state index in [0.29, 0.717) is 6.10 Å². The van der Waals surface area contributed by atoms with Gasteiger partial charge in [0.15, 0.2) is 0 Å². The predicted octanol–water partition coefficient (Wildman–Crippen LogP) is 4.38. The first-order valence-electron chi connectivity index (χ1n) is 6.61. The highest BCUT2D eigenvalue weighted by Crippen LogP contribution is 2.27. The summed E-state index contributed by atoms with van der Waals surface area (Å²) in [7, 11) is 0. The van der Waals surface area contributed by atoms with E-state index in [0.717, 1.165) is 25.1 Å². The van der Waals surface area contributed by atoms with E-state index in [2.05, 4.69) is 51.1 Å². The summed E-state index contributed by atoms with van der Waals surface area (Å²) in [5.41, 5.74) is 4.84. The summed E-state index contributed by atoms with van der Waals surface area (Å²) in [5, 5.41) is 0. The first-order chi connectivity index (χ1) is 8.70. The summed E-state index contributed by atoms with van der Waals surface area (Å²) >= 11 is 0. The SMILES string of the molecule is C/C=C(/C)c1ccccc1N=C1CCOC(C)C1. The molecule has 0 spiro atoms. The summed E-state index contributed by atoms with van der Waals surface area (Å²) < 4.78 is 5.55. The van der Waals surface area contributed by atoms with E-state index < -0.39 is 0 Å². The largest absolute Gasteiger partial charge is 0.378 e. The van der Waals surface area contributed by atoms with Gasteiger partial charge in [-0.3, -0.25) is 4.99 Å². The van der Waals surface area contributed by atoms with Crippen LogP contribution in [-0.4, -0.2) is 18.4 Å². The second-order valence-electron chi connectivity index (χ2n) is 4.80. The van der Waals surface area contributed by atoms with Gasteiger partial charge < -0.3 is 4.74 Å². The van der Waals surface area contributed by atoms with Crippen LogP contribution in [0.25, 0.3) is 5.57 Å². The van der Waals surface area contributed by atoms with Gasteiger partial charge in [0.05, 0.1) is 18.4 Å². The van der Waals surface area contributed by atoms with Crippen molar-refractivity contribution in [1.82, 2.24) is 0 Å². The smallest absolute Gasteiger partial charge is 0.0703 e. The van der Waals surface area contributed by atoms with Gasteiger partial charge in [-0.1, -0.05) is 24.3 Å². The number of para-hydroxylation sites is 1. The van der Waals surface area contributed by atoms with Crippen molar-refractivity contribution in [3.63, 3.8) is 0 Å². The Balaban J connectivity index is 2.31. The van der Waals surface area contributed by atoms with E-state index >= 15 is 0 Å². The number of hydrogen-bond donors (Lipinski definition) is 0. The van der Waals surface area contributed by atoms with Crippen LogP contribution in [0.4, 0.5) is 5.69 Å². The van der Waals surface area contributed by atoms with Gasteiger partial charge in [-0.15, -0.1) is 0 Å². The Hall–Kier alpha value is -1.41. The van der Waals surface area contributed by atoms with Crippen molar-refractivity contribution < 1.29 is 4.74 Å². The topological polar surface area (TPSA) is 21.6 Å². The molecule has 0 aliphatic carbocycles. The van der Waals surface area contributed by atoms with Gasteiger partial charge >= 0.3 is 0 Å². The molecule has 1 heterocycles. The van der Waals surface area contributed by atoms with Gasteiger partial charge in [-0.05, 0) is 32.4 Å². The average molecular weight is 243 g/mol. The maximum absolute atomic E-state index is 5.55. The van der Waals surface area contributed by atoms with Crippen molar-refractivity contribution in [3.05, 3.63) is 35.9 Å². The van der Waals surface area contributed by atoms with Crippen LogP contribution in [-0.2, 0) is 4.74 Å². The van der Waals surface area contributed by atoms with Gasteiger partial charge in [0, 0.05) is 24.1 Å². The van der Waals surface area contributed by atoms with Crippen molar-refractivity contribution >= 4 is 17.0 Å². The Morgan fingerprint density at radius 2 is 2.17 bits per heavy atom. The maximum atomic E-state index is 5.55. The van der Waals surface area contributed by atoms with Gasteiger partial charge in [-0.25, -0.2) is 0 Å². The minimum absolute atomic E-state index is 0.299. The Bertz CT molecular complexity index is 474. The monoisotopic (exact) mass is 243 g/mol. The first kappa shape index (κ1) is 13.0. The molecule has 1 aliphatic heterocycles. The molecule has 1 saturated heterocycles. The second-order valence-corrected chi connectivity index (χ2v) is 4.80. The first-order valence-corrected chi connectivity index (χ1v) is 6.61. The second kappa shape index (κ2) is 5.96. The normalized spacial score (nSPS) is 23.4. The summed E-state index contributed by atoms with van der Waals surface area (Å²) in [4.78, 5) is 4.83. The molecule has 0 aromatic heterocycles. The Labute approximate surface area is 109 Å². The zero-order chi connectivity index (χ0) is 13.0. The number of aliphatic imine (C=N–C) groups is 1. The van der Waals surface area contributed by atoms with Crippen molar-refractivity contribution in [2.24, 2.45) is 4.99 Å². The van der Waals surface area contributed by atoms with E-state index in [1.807, 2.05) is 0 Å². The quantitative estimate of drug-likeness (QED) is 0.755. The fourth-order valence-electron chi connectivity index (χ4n) is 2.20. The number of hydrogen-bond acceptors (Lipinski definition) is 2. The van der Waals surface area contributed by atoms with Gasteiger partial charge in [0.2, 0.25) is 0 Å². The molecule has 1 aliphatic rings. The molecule has 2 nitrogen and oxygen atoms in total. The fourth-order valence-corrected chi connectivity index (χ4v) is 2.20. The molecule has 0 amide bonds. The third-order valence-electron chi connectivity index (χ3n) is 3.36. The lowest BCUT2D eigenvalue weighted by atomic mass is 10.0. The van der Waals surface area contributed by atoms with Gasteiger partial charge in [0.1, 0.15) is 0 Å². The number of rotatable bonds is 2. The predicted molar refractivity (Wildman–Crippen MR) is 77.5 cm³/mol. The van der Waals surface area contributed by atoms with Crippen molar-refractivity contribution in [2.45, 2.75) is 39.7 Å². The molecule has 0 radical (unpaired) electrons. The van der Waals surface area contributed by atoms with Crippen LogP contribution in [0.3, 0.4) is 0 Å². The number of ether oxygens (including phenoxy) is 1. The Morgan fingerprint density at radius 3 is 2.89 bits per heavy atom. The van der Waals surface area contributed by atoms with Crippen LogP contribution in [0.15, 0.2) is 35.3 Å². The molecule has 1 fully saturated rings. The number of benzene rings is 1. The van der Waals surface area contributed by atoms with Crippen molar-refractivity contribution in [1.29, 1.82) is 0 Å². The summed E-state index contributed by atoms with van der Waals surface area (Å²) in [6.45, 7) is 7.10. The molecule has 1 unspecified atom stereocenters. The standard InChI is InChI=1S/C16H21NO/c1-4-12(2)15-7-5-6-8-16(15)17-14-9-10-18-13(3)11-14/h4-8,13H,9-11H2,1-3H3/b12-4-,17-14?. The summed E-state index contributed by atoms with van der Waals surface area (Å²) in [5.74, 6) is 0. The van der Waals surface area contributed by atoms with Crippen molar-refractivity contribution in [3.8, 4) is 0 Å². The van der Waals surface area contributed by atoms with E-state index in [1.165, 1.54) is 16.8 Å². The molecule has 96 valence electrons. The molecule has 0 saturated carbocycles. The fraction of sp³-hybridized carbons (Fsp3) is 0.438. The maximum Gasteiger partial charge on any atom is 0.0703 e. The van der Waals surface area contributed by atoms with Crippen LogP contribution in [0.2, 0.25) is 0 Å². The lowest BCUT2D eigenvalue weighted by Gasteiger charge is -2.20. The molecular weight excluding hydrogens is 222 g/mol. The number of allylic oxidation sites excluding steroid dienone is 2. The Kier molecular flexibility index (Phi) is 4.32. The van der Waals surface area contributed by atoms with Gasteiger partial charge in [0.25, 0.3) is 0 Å². The van der Waals surface area contributed by atoms with E-state index in [-0.39, 0.29) is 0 Å². The van der Waals surface area contributed by atoms with Crippen LogP contribution in [0.5, 0.6) is 0 Å². The molecular formula is C16H21NO.